The van der Waals surface area contributed by atoms with Crippen LogP contribution in [0.3, 0.4) is 0 Å². The fraction of sp³-hybridized carbons (Fsp3) is 0.222. The van der Waals surface area contributed by atoms with Crippen LogP contribution in [0.5, 0.6) is 5.75 Å². The first-order chi connectivity index (χ1) is 5.86. The lowest BCUT2D eigenvalue weighted by Crippen LogP contribution is -2.00. The first kappa shape index (κ1) is 8.41. The van der Waals surface area contributed by atoms with Crippen LogP contribution in [0.1, 0.15) is 0 Å². The Morgan fingerprint density at radius 3 is 3.00 bits per heavy atom. The molecule has 1 heterocycles. The van der Waals surface area contributed by atoms with E-state index in [4.69, 9.17) is 11.2 Å². The van der Waals surface area contributed by atoms with Gasteiger partial charge in [0.1, 0.15) is 11.6 Å². The van der Waals surface area contributed by atoms with E-state index in [9.17, 15) is 0 Å². The lowest BCUT2D eigenvalue weighted by atomic mass is 10.4. The molecule has 0 aliphatic heterocycles. The molecule has 3 nitrogen and oxygen atoms in total. The molecule has 1 N–H and O–H groups in total. The molecule has 1 aromatic heterocycles. The Bertz CT molecular complexity index is 274. The first-order valence-electron chi connectivity index (χ1n) is 3.54. The van der Waals surface area contributed by atoms with E-state index in [2.05, 4.69) is 16.2 Å². The molecule has 0 amide bonds. The number of terminal acetylenes is 1. The van der Waals surface area contributed by atoms with Gasteiger partial charge >= 0.3 is 0 Å². The Labute approximate surface area is 71.8 Å². The Morgan fingerprint density at radius 1 is 1.67 bits per heavy atom. The molecule has 0 spiro atoms. The van der Waals surface area contributed by atoms with Crippen molar-refractivity contribution in [3.8, 4) is 18.1 Å². The fourth-order valence-corrected chi connectivity index (χ4v) is 0.747. The van der Waals surface area contributed by atoms with Gasteiger partial charge in [-0.15, -0.1) is 6.42 Å². The molecule has 62 valence electrons. The molecule has 3 heteroatoms. The van der Waals surface area contributed by atoms with Gasteiger partial charge in [-0.1, -0.05) is 5.92 Å². The zero-order valence-corrected chi connectivity index (χ0v) is 6.87. The standard InChI is InChI=1S/C9H10N2O/c1-3-6-10-9-5-4-8(12-2)7-11-9/h1,4-5,7H,6H2,2H3,(H,10,11). The largest absolute Gasteiger partial charge is 0.495 e. The van der Waals surface area contributed by atoms with Crippen molar-refractivity contribution in [2.45, 2.75) is 0 Å². The van der Waals surface area contributed by atoms with E-state index in [-0.39, 0.29) is 0 Å². The van der Waals surface area contributed by atoms with Crippen LogP contribution >= 0.6 is 0 Å². The topological polar surface area (TPSA) is 34.1 Å². The molecule has 0 atom stereocenters. The summed E-state index contributed by atoms with van der Waals surface area (Å²) in [5.74, 6) is 3.96. The fourth-order valence-electron chi connectivity index (χ4n) is 0.747. The number of anilines is 1. The SMILES string of the molecule is C#CCNc1ccc(OC)cn1. The van der Waals surface area contributed by atoms with Gasteiger partial charge in [0.2, 0.25) is 0 Å². The zero-order chi connectivity index (χ0) is 8.81. The predicted octanol–water partition coefficient (Wildman–Crippen LogP) is 1.14. The van der Waals surface area contributed by atoms with E-state index in [1.165, 1.54) is 0 Å². The summed E-state index contributed by atoms with van der Waals surface area (Å²) in [7, 11) is 1.60. The highest BCUT2D eigenvalue weighted by Gasteiger charge is 1.92. The second-order valence-corrected chi connectivity index (χ2v) is 2.14. The minimum Gasteiger partial charge on any atom is -0.495 e. The van der Waals surface area contributed by atoms with Gasteiger partial charge in [-0.25, -0.2) is 4.98 Å². The molecular formula is C9H10N2O. The summed E-state index contributed by atoms with van der Waals surface area (Å²) in [6, 6.07) is 3.64. The Kier molecular flexibility index (Phi) is 2.97. The number of pyridine rings is 1. The van der Waals surface area contributed by atoms with Crippen molar-refractivity contribution >= 4 is 5.82 Å². The number of aromatic nitrogens is 1. The predicted molar refractivity (Wildman–Crippen MR) is 48.1 cm³/mol. The summed E-state index contributed by atoms with van der Waals surface area (Å²) in [5.41, 5.74) is 0. The van der Waals surface area contributed by atoms with E-state index in [1.807, 2.05) is 12.1 Å². The summed E-state index contributed by atoms with van der Waals surface area (Å²) in [6.07, 6.45) is 6.71. The molecule has 1 aromatic rings. The number of rotatable bonds is 3. The molecule has 0 fully saturated rings. The van der Waals surface area contributed by atoms with Gasteiger partial charge in [0.05, 0.1) is 19.9 Å². The maximum Gasteiger partial charge on any atom is 0.137 e. The minimum absolute atomic E-state index is 0.485. The normalized spacial score (nSPS) is 8.67. The van der Waals surface area contributed by atoms with Crippen LogP contribution in [-0.4, -0.2) is 18.6 Å². The van der Waals surface area contributed by atoms with Gasteiger partial charge in [0.25, 0.3) is 0 Å². The van der Waals surface area contributed by atoms with Gasteiger partial charge in [0.15, 0.2) is 0 Å². The van der Waals surface area contributed by atoms with E-state index in [0.717, 1.165) is 11.6 Å². The van der Waals surface area contributed by atoms with Crippen molar-refractivity contribution in [3.63, 3.8) is 0 Å². The third kappa shape index (κ3) is 2.17. The Balaban J connectivity index is 2.60. The van der Waals surface area contributed by atoms with Crippen molar-refractivity contribution in [2.75, 3.05) is 19.0 Å². The molecule has 0 bridgehead atoms. The number of nitrogens with zero attached hydrogens (tertiary/aromatic N) is 1. The molecule has 0 aliphatic carbocycles. The smallest absolute Gasteiger partial charge is 0.137 e. The van der Waals surface area contributed by atoms with Crippen LogP contribution in [0.25, 0.3) is 0 Å². The zero-order valence-electron chi connectivity index (χ0n) is 6.87. The van der Waals surface area contributed by atoms with Crippen LogP contribution in [0, 0.1) is 12.3 Å². The summed E-state index contributed by atoms with van der Waals surface area (Å²) < 4.78 is 4.94. The number of ether oxygens (including phenoxy) is 1. The van der Waals surface area contributed by atoms with Crippen LogP contribution in [-0.2, 0) is 0 Å². The van der Waals surface area contributed by atoms with Gasteiger partial charge < -0.3 is 10.1 Å². The Hall–Kier alpha value is -1.69. The van der Waals surface area contributed by atoms with E-state index >= 15 is 0 Å². The Morgan fingerprint density at radius 2 is 2.50 bits per heavy atom. The summed E-state index contributed by atoms with van der Waals surface area (Å²) in [5, 5.41) is 2.94. The van der Waals surface area contributed by atoms with Crippen LogP contribution in [0.4, 0.5) is 5.82 Å². The summed E-state index contributed by atoms with van der Waals surface area (Å²) >= 11 is 0. The van der Waals surface area contributed by atoms with Gasteiger partial charge in [0, 0.05) is 0 Å². The van der Waals surface area contributed by atoms with Crippen molar-refractivity contribution in [1.29, 1.82) is 0 Å². The maximum atomic E-state index is 5.07. The van der Waals surface area contributed by atoms with E-state index in [1.54, 1.807) is 13.3 Å². The average molecular weight is 162 g/mol. The molecule has 0 saturated heterocycles. The van der Waals surface area contributed by atoms with Gasteiger partial charge in [-0.2, -0.15) is 0 Å². The number of hydrogen-bond donors (Lipinski definition) is 1. The second kappa shape index (κ2) is 4.24. The first-order valence-corrected chi connectivity index (χ1v) is 3.54. The van der Waals surface area contributed by atoms with Crippen molar-refractivity contribution in [2.24, 2.45) is 0 Å². The summed E-state index contributed by atoms with van der Waals surface area (Å²) in [4.78, 5) is 4.06. The monoisotopic (exact) mass is 162 g/mol. The third-order valence-corrected chi connectivity index (χ3v) is 1.34. The average Bonchev–Trinajstić information content (AvgIpc) is 2.15. The molecule has 0 aromatic carbocycles. The maximum absolute atomic E-state index is 5.07. The van der Waals surface area contributed by atoms with Gasteiger partial charge in [-0.3, -0.25) is 0 Å². The lowest BCUT2D eigenvalue weighted by molar-refractivity contribution is 0.413. The van der Waals surface area contributed by atoms with E-state index < -0.39 is 0 Å². The molecule has 0 aliphatic rings. The van der Waals surface area contributed by atoms with Crippen molar-refractivity contribution in [3.05, 3.63) is 18.3 Å². The molecule has 1 rings (SSSR count). The van der Waals surface area contributed by atoms with Gasteiger partial charge in [-0.05, 0) is 12.1 Å². The molecule has 0 unspecified atom stereocenters. The number of nitrogens with one attached hydrogen (secondary N) is 1. The quantitative estimate of drug-likeness (QED) is 0.676. The highest BCUT2D eigenvalue weighted by Crippen LogP contribution is 2.10. The van der Waals surface area contributed by atoms with Crippen LogP contribution in [0.2, 0.25) is 0 Å². The third-order valence-electron chi connectivity index (χ3n) is 1.34. The van der Waals surface area contributed by atoms with Crippen molar-refractivity contribution < 1.29 is 4.74 Å². The van der Waals surface area contributed by atoms with Crippen LogP contribution in [0.15, 0.2) is 18.3 Å². The minimum atomic E-state index is 0.485. The highest BCUT2D eigenvalue weighted by molar-refractivity contribution is 5.38. The van der Waals surface area contributed by atoms with Crippen molar-refractivity contribution in [1.82, 2.24) is 4.98 Å². The number of methoxy groups -OCH3 is 1. The second-order valence-electron chi connectivity index (χ2n) is 2.14. The molecule has 12 heavy (non-hydrogen) atoms. The van der Waals surface area contributed by atoms with E-state index in [0.29, 0.717) is 6.54 Å². The summed E-state index contributed by atoms with van der Waals surface area (Å²) in [6.45, 7) is 0.485. The molecule has 0 radical (unpaired) electrons. The van der Waals surface area contributed by atoms with Crippen LogP contribution < -0.4 is 10.1 Å². The molecule has 0 saturated carbocycles. The number of hydrogen-bond acceptors (Lipinski definition) is 3. The lowest BCUT2D eigenvalue weighted by Gasteiger charge is -2.02. The highest BCUT2D eigenvalue weighted by atomic mass is 16.5. The molecular weight excluding hydrogens is 152 g/mol.